The molecule has 0 radical (unpaired) electrons. The first kappa shape index (κ1) is 17.4. The van der Waals surface area contributed by atoms with Crippen molar-refractivity contribution in [3.63, 3.8) is 0 Å². The molecule has 0 bridgehead atoms. The van der Waals surface area contributed by atoms with Gasteiger partial charge in [-0.15, -0.1) is 11.3 Å². The molecule has 0 spiro atoms. The van der Waals surface area contributed by atoms with Gasteiger partial charge in [0.25, 0.3) is 0 Å². The van der Waals surface area contributed by atoms with E-state index in [9.17, 15) is 18.0 Å². The summed E-state index contributed by atoms with van der Waals surface area (Å²) in [5, 5.41) is 3.46. The van der Waals surface area contributed by atoms with E-state index >= 15 is 0 Å². The third-order valence-electron chi connectivity index (χ3n) is 3.61. The van der Waals surface area contributed by atoms with Crippen molar-refractivity contribution in [2.24, 2.45) is 0 Å². The zero-order valence-electron chi connectivity index (χ0n) is 13.1. The van der Waals surface area contributed by atoms with Gasteiger partial charge in [-0.3, -0.25) is 4.79 Å². The van der Waals surface area contributed by atoms with Gasteiger partial charge in [-0.2, -0.15) is 13.2 Å². The number of rotatable bonds is 5. The van der Waals surface area contributed by atoms with Crippen molar-refractivity contribution in [1.82, 2.24) is 4.98 Å². The second-order valence-corrected chi connectivity index (χ2v) is 6.67. The lowest BCUT2D eigenvalue weighted by molar-refractivity contribution is -0.137. The predicted octanol–water partition coefficient (Wildman–Crippen LogP) is 5.28. The molecule has 0 aliphatic carbocycles. The van der Waals surface area contributed by atoms with Crippen LogP contribution in [0.3, 0.4) is 0 Å². The number of benzene rings is 2. The number of thiazole rings is 1. The topological polar surface area (TPSA) is 42.0 Å². The third kappa shape index (κ3) is 4.57. The van der Waals surface area contributed by atoms with Crippen LogP contribution in [0.25, 0.3) is 10.2 Å². The number of hydrogen-bond donors (Lipinski definition) is 1. The zero-order valence-corrected chi connectivity index (χ0v) is 14.0. The van der Waals surface area contributed by atoms with Crippen LogP contribution in [0.5, 0.6) is 0 Å². The van der Waals surface area contributed by atoms with Crippen LogP contribution in [-0.4, -0.2) is 10.9 Å². The highest BCUT2D eigenvalue weighted by atomic mass is 32.1. The number of nitrogens with one attached hydrogen (secondary N) is 1. The highest BCUT2D eigenvalue weighted by Gasteiger charge is 2.30. The molecule has 0 saturated carbocycles. The van der Waals surface area contributed by atoms with Gasteiger partial charge < -0.3 is 5.32 Å². The van der Waals surface area contributed by atoms with Crippen molar-refractivity contribution in [1.29, 1.82) is 0 Å². The van der Waals surface area contributed by atoms with Crippen LogP contribution in [0.4, 0.5) is 18.9 Å². The fourth-order valence-corrected chi connectivity index (χ4v) is 3.43. The van der Waals surface area contributed by atoms with Crippen LogP contribution in [-0.2, 0) is 17.4 Å². The summed E-state index contributed by atoms with van der Waals surface area (Å²) in [5.74, 6) is -0.305. The standard InChI is InChI=1S/C18H15F3N2OS/c19-18(20,21)12-5-3-6-13(11-12)22-16(24)9-4-10-17-23-14-7-1-2-8-15(14)25-17/h1-3,5-8,11H,4,9-10H2,(H,22,24). The van der Waals surface area contributed by atoms with Crippen LogP contribution in [0.15, 0.2) is 48.5 Å². The molecule has 0 unspecified atom stereocenters. The summed E-state index contributed by atoms with van der Waals surface area (Å²) in [6, 6.07) is 12.4. The molecule has 7 heteroatoms. The number of aromatic nitrogens is 1. The van der Waals surface area contributed by atoms with Gasteiger partial charge in [0.15, 0.2) is 0 Å². The number of aryl methyl sites for hydroxylation is 1. The molecule has 0 saturated heterocycles. The lowest BCUT2D eigenvalue weighted by atomic mass is 10.2. The van der Waals surface area contributed by atoms with Gasteiger partial charge in [-0.05, 0) is 43.2 Å². The molecule has 0 fully saturated rings. The quantitative estimate of drug-likeness (QED) is 0.669. The second-order valence-electron chi connectivity index (χ2n) is 5.56. The van der Waals surface area contributed by atoms with Crippen molar-refractivity contribution in [3.05, 3.63) is 59.1 Å². The van der Waals surface area contributed by atoms with Gasteiger partial charge in [0.05, 0.1) is 20.8 Å². The lowest BCUT2D eigenvalue weighted by Gasteiger charge is -2.09. The van der Waals surface area contributed by atoms with Crippen molar-refractivity contribution in [2.45, 2.75) is 25.4 Å². The van der Waals surface area contributed by atoms with Crippen molar-refractivity contribution >= 4 is 33.1 Å². The Labute approximate surface area is 146 Å². The van der Waals surface area contributed by atoms with Crippen molar-refractivity contribution < 1.29 is 18.0 Å². The Kier molecular flexibility index (Phi) is 5.03. The average molecular weight is 364 g/mol. The molecule has 25 heavy (non-hydrogen) atoms. The summed E-state index contributed by atoms with van der Waals surface area (Å²) < 4.78 is 39.1. The summed E-state index contributed by atoms with van der Waals surface area (Å²) in [5.41, 5.74) is 0.315. The molecule has 0 atom stereocenters. The first-order valence-corrected chi connectivity index (χ1v) is 8.55. The smallest absolute Gasteiger partial charge is 0.326 e. The number of anilines is 1. The van der Waals surface area contributed by atoms with Crippen molar-refractivity contribution in [2.75, 3.05) is 5.32 Å². The molecule has 1 amide bonds. The van der Waals surface area contributed by atoms with E-state index < -0.39 is 11.7 Å². The first-order valence-electron chi connectivity index (χ1n) is 7.73. The molecular weight excluding hydrogens is 349 g/mol. The Balaban J connectivity index is 1.53. The largest absolute Gasteiger partial charge is 0.416 e. The molecule has 3 aromatic rings. The summed E-state index contributed by atoms with van der Waals surface area (Å²) in [4.78, 5) is 16.4. The van der Waals surface area contributed by atoms with E-state index in [2.05, 4.69) is 10.3 Å². The Morgan fingerprint density at radius 3 is 2.68 bits per heavy atom. The van der Waals surface area contributed by atoms with Gasteiger partial charge in [-0.25, -0.2) is 4.98 Å². The molecular formula is C18H15F3N2OS. The number of fused-ring (bicyclic) bond motifs is 1. The molecule has 3 rings (SSSR count). The van der Waals surface area contributed by atoms with E-state index in [1.54, 1.807) is 11.3 Å². The summed E-state index contributed by atoms with van der Waals surface area (Å²) in [6.07, 6.45) is -2.94. The minimum Gasteiger partial charge on any atom is -0.326 e. The van der Waals surface area contributed by atoms with Crippen LogP contribution < -0.4 is 5.32 Å². The van der Waals surface area contributed by atoms with E-state index in [-0.39, 0.29) is 18.0 Å². The predicted molar refractivity (Wildman–Crippen MR) is 92.6 cm³/mol. The van der Waals surface area contributed by atoms with Gasteiger partial charge in [0, 0.05) is 12.1 Å². The number of nitrogens with zero attached hydrogens (tertiary/aromatic N) is 1. The van der Waals surface area contributed by atoms with E-state index in [4.69, 9.17) is 0 Å². The van der Waals surface area contributed by atoms with Crippen LogP contribution in [0.2, 0.25) is 0 Å². The van der Waals surface area contributed by atoms with Gasteiger partial charge in [0.2, 0.25) is 5.91 Å². The Morgan fingerprint density at radius 2 is 1.92 bits per heavy atom. The second kappa shape index (κ2) is 7.23. The van der Waals surface area contributed by atoms with E-state index in [0.717, 1.165) is 27.4 Å². The van der Waals surface area contributed by atoms with Crippen molar-refractivity contribution in [3.8, 4) is 0 Å². The molecule has 1 aromatic heterocycles. The molecule has 0 aliphatic rings. The molecule has 130 valence electrons. The molecule has 1 N–H and O–H groups in total. The number of alkyl halides is 3. The maximum atomic E-state index is 12.7. The Hall–Kier alpha value is -2.41. The molecule has 0 aliphatic heterocycles. The SMILES string of the molecule is O=C(CCCc1nc2ccccc2s1)Nc1cccc(C(F)(F)F)c1. The van der Waals surface area contributed by atoms with Crippen LogP contribution in [0, 0.1) is 0 Å². The van der Waals surface area contributed by atoms with E-state index in [1.807, 2.05) is 24.3 Å². The van der Waals surface area contributed by atoms with Crippen LogP contribution >= 0.6 is 11.3 Å². The van der Waals surface area contributed by atoms with E-state index in [0.29, 0.717) is 12.8 Å². The molecule has 2 aromatic carbocycles. The fourth-order valence-electron chi connectivity index (χ4n) is 2.42. The average Bonchev–Trinajstić information content (AvgIpc) is 2.97. The number of carbonyl (C=O) groups excluding carboxylic acids is 1. The minimum absolute atomic E-state index is 0.153. The highest BCUT2D eigenvalue weighted by Crippen LogP contribution is 2.30. The zero-order chi connectivity index (χ0) is 17.9. The van der Waals surface area contributed by atoms with Crippen LogP contribution in [0.1, 0.15) is 23.4 Å². The Bertz CT molecular complexity index is 856. The number of hydrogen-bond acceptors (Lipinski definition) is 3. The summed E-state index contributed by atoms with van der Waals surface area (Å²) in [6.45, 7) is 0. The van der Waals surface area contributed by atoms with Gasteiger partial charge >= 0.3 is 6.18 Å². The molecule has 1 heterocycles. The first-order chi connectivity index (χ1) is 11.9. The normalized spacial score (nSPS) is 11.6. The Morgan fingerprint density at radius 1 is 1.12 bits per heavy atom. The number of carbonyl (C=O) groups is 1. The number of halogens is 3. The highest BCUT2D eigenvalue weighted by molar-refractivity contribution is 7.18. The van der Waals surface area contributed by atoms with E-state index in [1.165, 1.54) is 12.1 Å². The third-order valence-corrected chi connectivity index (χ3v) is 4.70. The minimum atomic E-state index is -4.42. The maximum Gasteiger partial charge on any atom is 0.416 e. The van der Waals surface area contributed by atoms with Gasteiger partial charge in [-0.1, -0.05) is 18.2 Å². The summed E-state index contributed by atoms with van der Waals surface area (Å²) >= 11 is 1.59. The fraction of sp³-hybridized carbons (Fsp3) is 0.222. The lowest BCUT2D eigenvalue weighted by Crippen LogP contribution is -2.12. The monoisotopic (exact) mass is 364 g/mol. The number of para-hydroxylation sites is 1. The van der Waals surface area contributed by atoms with Gasteiger partial charge in [0.1, 0.15) is 0 Å². The summed E-state index contributed by atoms with van der Waals surface area (Å²) in [7, 11) is 0. The molecule has 3 nitrogen and oxygen atoms in total. The maximum absolute atomic E-state index is 12.7. The number of amides is 1.